The Balaban J connectivity index is 1.63. The molecule has 0 spiro atoms. The van der Waals surface area contributed by atoms with E-state index in [0.717, 1.165) is 32.2 Å². The van der Waals surface area contributed by atoms with Gasteiger partial charge in [0.2, 0.25) is 0 Å². The molecule has 1 aromatic heterocycles. The molecule has 1 aromatic rings. The molecule has 5 nitrogen and oxygen atoms in total. The second-order valence-electron chi connectivity index (χ2n) is 5.78. The summed E-state index contributed by atoms with van der Waals surface area (Å²) in [4.78, 5) is 2.38. The van der Waals surface area contributed by atoms with E-state index >= 15 is 0 Å². The molecule has 3 heterocycles. The van der Waals surface area contributed by atoms with Crippen LogP contribution in [0.1, 0.15) is 25.7 Å². The van der Waals surface area contributed by atoms with Crippen LogP contribution in [0, 0.1) is 0 Å². The molecule has 0 aliphatic carbocycles. The van der Waals surface area contributed by atoms with Crippen molar-refractivity contribution >= 4 is 21.4 Å². The summed E-state index contributed by atoms with van der Waals surface area (Å²) >= 11 is 1.28. The lowest BCUT2D eigenvalue weighted by Gasteiger charge is -2.38. The van der Waals surface area contributed by atoms with Gasteiger partial charge in [-0.3, -0.25) is 4.90 Å². The van der Waals surface area contributed by atoms with Gasteiger partial charge in [0.05, 0.1) is 6.61 Å². The summed E-state index contributed by atoms with van der Waals surface area (Å²) in [5, 5.41) is 11.2. The number of hydrogen-bond donors (Lipinski definition) is 1. The van der Waals surface area contributed by atoms with Crippen LogP contribution in [-0.4, -0.2) is 61.1 Å². The van der Waals surface area contributed by atoms with Crippen molar-refractivity contribution in [2.45, 2.75) is 42.0 Å². The molecular formula is C14H22N2O3S2. The number of thiophene rings is 1. The molecule has 1 atom stereocenters. The topological polar surface area (TPSA) is 60.9 Å². The predicted molar refractivity (Wildman–Crippen MR) is 82.9 cm³/mol. The number of aliphatic hydroxyl groups is 1. The van der Waals surface area contributed by atoms with E-state index in [2.05, 4.69) is 4.90 Å². The molecule has 0 saturated carbocycles. The first kappa shape index (κ1) is 15.4. The third-order valence-electron chi connectivity index (χ3n) is 4.62. The maximum absolute atomic E-state index is 12.5. The number of likely N-dealkylation sites (tertiary alicyclic amines) is 1. The standard InChI is InChI=1S/C14H22N2O3S2/c17-11-13-3-1-7-16(13)12-5-8-15(9-6-12)21(18,19)14-4-2-10-20-14/h2,4,10,12-13,17H,1,3,5-9,11H2/t13-/m1/s1. The summed E-state index contributed by atoms with van der Waals surface area (Å²) in [5.41, 5.74) is 0. The van der Waals surface area contributed by atoms with Gasteiger partial charge in [-0.2, -0.15) is 4.31 Å². The Hall–Kier alpha value is -0.470. The minimum absolute atomic E-state index is 0.216. The average Bonchev–Trinajstić information content (AvgIpc) is 3.18. The van der Waals surface area contributed by atoms with Crippen LogP contribution in [0.2, 0.25) is 0 Å². The van der Waals surface area contributed by atoms with Gasteiger partial charge in [0, 0.05) is 25.2 Å². The third kappa shape index (κ3) is 3.03. The zero-order valence-electron chi connectivity index (χ0n) is 12.0. The molecule has 0 bridgehead atoms. The van der Waals surface area contributed by atoms with Gasteiger partial charge in [0.1, 0.15) is 4.21 Å². The first-order chi connectivity index (χ1) is 10.1. The van der Waals surface area contributed by atoms with E-state index in [-0.39, 0.29) is 12.6 Å². The van der Waals surface area contributed by atoms with Gasteiger partial charge in [0.25, 0.3) is 10.0 Å². The highest BCUT2D eigenvalue weighted by Crippen LogP contribution is 2.29. The largest absolute Gasteiger partial charge is 0.395 e. The summed E-state index contributed by atoms with van der Waals surface area (Å²) in [6.07, 6.45) is 3.92. The number of nitrogens with zero attached hydrogens (tertiary/aromatic N) is 2. The van der Waals surface area contributed by atoms with Crippen LogP contribution in [0.5, 0.6) is 0 Å². The maximum atomic E-state index is 12.5. The minimum atomic E-state index is -3.30. The van der Waals surface area contributed by atoms with Gasteiger partial charge < -0.3 is 5.11 Å². The van der Waals surface area contributed by atoms with E-state index < -0.39 is 10.0 Å². The fourth-order valence-corrected chi connectivity index (χ4v) is 6.10. The molecule has 1 N–H and O–H groups in total. The third-order valence-corrected chi connectivity index (χ3v) is 7.89. The van der Waals surface area contributed by atoms with Gasteiger partial charge in [-0.25, -0.2) is 8.42 Å². The molecule has 7 heteroatoms. The summed E-state index contributed by atoms with van der Waals surface area (Å²) in [5.74, 6) is 0. The van der Waals surface area contributed by atoms with Gasteiger partial charge >= 0.3 is 0 Å². The van der Waals surface area contributed by atoms with E-state index in [4.69, 9.17) is 0 Å². The average molecular weight is 330 g/mol. The SMILES string of the molecule is O=S(=O)(c1cccs1)N1CCC(N2CCC[C@@H]2CO)CC1. The fourth-order valence-electron chi connectivity index (χ4n) is 3.49. The van der Waals surface area contributed by atoms with Crippen LogP contribution >= 0.6 is 11.3 Å². The van der Waals surface area contributed by atoms with E-state index in [1.54, 1.807) is 21.8 Å². The molecule has 0 radical (unpaired) electrons. The van der Waals surface area contributed by atoms with Gasteiger partial charge in [-0.05, 0) is 43.7 Å². The smallest absolute Gasteiger partial charge is 0.252 e. The molecule has 3 rings (SSSR count). The number of sulfonamides is 1. The molecule has 118 valence electrons. The van der Waals surface area contributed by atoms with Crippen LogP contribution in [-0.2, 0) is 10.0 Å². The zero-order chi connectivity index (χ0) is 14.9. The van der Waals surface area contributed by atoms with Gasteiger partial charge in [-0.15, -0.1) is 11.3 Å². The Morgan fingerprint density at radius 3 is 2.62 bits per heavy atom. The van der Waals surface area contributed by atoms with E-state index in [0.29, 0.717) is 23.3 Å². The molecule has 0 amide bonds. The van der Waals surface area contributed by atoms with Crippen molar-refractivity contribution in [1.82, 2.24) is 9.21 Å². The van der Waals surface area contributed by atoms with Crippen molar-refractivity contribution in [3.8, 4) is 0 Å². The van der Waals surface area contributed by atoms with Crippen LogP contribution in [0.15, 0.2) is 21.7 Å². The quantitative estimate of drug-likeness (QED) is 0.905. The summed E-state index contributed by atoms with van der Waals surface area (Å²) in [7, 11) is -3.30. The van der Waals surface area contributed by atoms with E-state index in [1.807, 2.05) is 0 Å². The minimum Gasteiger partial charge on any atom is -0.395 e. The molecule has 0 unspecified atom stereocenters. The number of hydrogen-bond acceptors (Lipinski definition) is 5. The van der Waals surface area contributed by atoms with Crippen molar-refractivity contribution < 1.29 is 13.5 Å². The second kappa shape index (κ2) is 6.34. The lowest BCUT2D eigenvalue weighted by atomic mass is 10.0. The van der Waals surface area contributed by atoms with Crippen LogP contribution in [0.4, 0.5) is 0 Å². The molecule has 2 aliphatic rings. The summed E-state index contributed by atoms with van der Waals surface area (Å²) in [6.45, 7) is 2.42. The highest BCUT2D eigenvalue weighted by atomic mass is 32.2. The van der Waals surface area contributed by atoms with Crippen molar-refractivity contribution in [2.24, 2.45) is 0 Å². The highest BCUT2D eigenvalue weighted by Gasteiger charge is 2.35. The lowest BCUT2D eigenvalue weighted by molar-refractivity contribution is 0.0899. The number of rotatable bonds is 4. The van der Waals surface area contributed by atoms with Crippen LogP contribution < -0.4 is 0 Å². The van der Waals surface area contributed by atoms with Crippen LogP contribution in [0.3, 0.4) is 0 Å². The lowest BCUT2D eigenvalue weighted by Crippen LogP contribution is -2.48. The molecular weight excluding hydrogens is 308 g/mol. The van der Waals surface area contributed by atoms with Gasteiger partial charge in [-0.1, -0.05) is 6.07 Å². The Kier molecular flexibility index (Phi) is 4.66. The Morgan fingerprint density at radius 1 is 1.24 bits per heavy atom. The number of aliphatic hydroxyl groups excluding tert-OH is 1. The summed E-state index contributed by atoms with van der Waals surface area (Å²) < 4.78 is 27.0. The molecule has 0 aromatic carbocycles. The normalized spacial score (nSPS) is 26.4. The first-order valence-electron chi connectivity index (χ1n) is 7.53. The Bertz CT molecular complexity index is 551. The van der Waals surface area contributed by atoms with E-state index in [1.165, 1.54) is 11.3 Å². The second-order valence-corrected chi connectivity index (χ2v) is 8.90. The van der Waals surface area contributed by atoms with Crippen molar-refractivity contribution in [3.05, 3.63) is 17.5 Å². The first-order valence-corrected chi connectivity index (χ1v) is 9.85. The molecule has 2 fully saturated rings. The zero-order valence-corrected chi connectivity index (χ0v) is 13.7. The number of piperidine rings is 1. The van der Waals surface area contributed by atoms with Crippen molar-refractivity contribution in [2.75, 3.05) is 26.2 Å². The fraction of sp³-hybridized carbons (Fsp3) is 0.714. The molecule has 21 heavy (non-hydrogen) atoms. The maximum Gasteiger partial charge on any atom is 0.252 e. The molecule has 2 aliphatic heterocycles. The highest BCUT2D eigenvalue weighted by molar-refractivity contribution is 7.91. The summed E-state index contributed by atoms with van der Waals surface area (Å²) in [6, 6.07) is 4.14. The van der Waals surface area contributed by atoms with E-state index in [9.17, 15) is 13.5 Å². The van der Waals surface area contributed by atoms with Gasteiger partial charge in [0.15, 0.2) is 0 Å². The Morgan fingerprint density at radius 2 is 2.00 bits per heavy atom. The predicted octanol–water partition coefficient (Wildman–Crippen LogP) is 1.36. The van der Waals surface area contributed by atoms with Crippen molar-refractivity contribution in [1.29, 1.82) is 0 Å². The molecule has 2 saturated heterocycles. The monoisotopic (exact) mass is 330 g/mol. The van der Waals surface area contributed by atoms with Crippen LogP contribution in [0.25, 0.3) is 0 Å². The Labute approximate surface area is 130 Å². The van der Waals surface area contributed by atoms with Crippen molar-refractivity contribution in [3.63, 3.8) is 0 Å².